The van der Waals surface area contributed by atoms with Gasteiger partial charge in [0.1, 0.15) is 11.3 Å². The van der Waals surface area contributed by atoms with Crippen LogP contribution in [0.2, 0.25) is 5.02 Å². The van der Waals surface area contributed by atoms with Gasteiger partial charge in [-0.2, -0.15) is 0 Å². The second kappa shape index (κ2) is 7.29. The molecule has 0 unspecified atom stereocenters. The number of fused-ring (bicyclic) bond motifs is 3. The third-order valence-electron chi connectivity index (χ3n) is 4.94. The van der Waals surface area contributed by atoms with Gasteiger partial charge in [0.15, 0.2) is 6.61 Å². The van der Waals surface area contributed by atoms with E-state index in [0.717, 1.165) is 55.2 Å². The SMILES string of the molecule is O=C(COc1cc2oc(=O)c3c(c2cc1Cl)CCC3)NC[C@@H]1CCCO1. The van der Waals surface area contributed by atoms with Crippen LogP contribution in [0.1, 0.15) is 30.4 Å². The third-order valence-corrected chi connectivity index (χ3v) is 5.23. The lowest BCUT2D eigenvalue weighted by molar-refractivity contribution is -0.123. The van der Waals surface area contributed by atoms with Gasteiger partial charge in [-0.05, 0) is 43.7 Å². The van der Waals surface area contributed by atoms with Crippen molar-refractivity contribution >= 4 is 28.5 Å². The molecule has 6 nitrogen and oxygen atoms in total. The number of halogens is 1. The molecule has 0 bridgehead atoms. The number of ether oxygens (including phenoxy) is 2. The predicted octanol–water partition coefficient (Wildman–Crippen LogP) is 2.61. The van der Waals surface area contributed by atoms with E-state index in [0.29, 0.717) is 22.9 Å². The van der Waals surface area contributed by atoms with Crippen LogP contribution in [0.4, 0.5) is 0 Å². The van der Waals surface area contributed by atoms with Crippen LogP contribution in [-0.2, 0) is 22.4 Å². The normalized spacial score (nSPS) is 18.9. The molecule has 1 amide bonds. The van der Waals surface area contributed by atoms with Gasteiger partial charge in [-0.1, -0.05) is 11.6 Å². The number of rotatable bonds is 5. The maximum absolute atomic E-state index is 12.1. The first-order valence-corrected chi connectivity index (χ1v) is 9.29. The molecular formula is C19H20ClNO5. The second-order valence-electron chi connectivity index (χ2n) is 6.71. The molecule has 0 radical (unpaired) electrons. The highest BCUT2D eigenvalue weighted by atomic mass is 35.5. The zero-order chi connectivity index (χ0) is 18.1. The van der Waals surface area contributed by atoms with Gasteiger partial charge < -0.3 is 19.2 Å². The summed E-state index contributed by atoms with van der Waals surface area (Å²) in [5.74, 6) is 0.0830. The first-order chi connectivity index (χ1) is 12.6. The van der Waals surface area contributed by atoms with Crippen molar-refractivity contribution in [3.05, 3.63) is 38.7 Å². The third kappa shape index (κ3) is 3.44. The van der Waals surface area contributed by atoms with E-state index in [1.54, 1.807) is 12.1 Å². The van der Waals surface area contributed by atoms with Crippen molar-refractivity contribution in [3.8, 4) is 5.75 Å². The summed E-state index contributed by atoms with van der Waals surface area (Å²) in [6.07, 6.45) is 4.60. The number of hydrogen-bond acceptors (Lipinski definition) is 5. The molecule has 0 spiro atoms. The minimum atomic E-state index is -0.299. The number of amides is 1. The van der Waals surface area contributed by atoms with E-state index in [9.17, 15) is 9.59 Å². The Hall–Kier alpha value is -2.05. The van der Waals surface area contributed by atoms with E-state index in [1.165, 1.54) is 0 Å². The smallest absolute Gasteiger partial charge is 0.339 e. The fourth-order valence-corrected chi connectivity index (χ4v) is 3.84. The molecule has 26 heavy (non-hydrogen) atoms. The predicted molar refractivity (Wildman–Crippen MR) is 97.0 cm³/mol. The van der Waals surface area contributed by atoms with Crippen molar-refractivity contribution in [2.24, 2.45) is 0 Å². The van der Waals surface area contributed by atoms with Crippen LogP contribution in [0.3, 0.4) is 0 Å². The number of nitrogens with one attached hydrogen (secondary N) is 1. The Labute approximate surface area is 155 Å². The Kier molecular flexibility index (Phi) is 4.87. The first kappa shape index (κ1) is 17.4. The quantitative estimate of drug-likeness (QED) is 0.810. The van der Waals surface area contributed by atoms with Gasteiger partial charge in [-0.3, -0.25) is 4.79 Å². The molecule has 1 N–H and O–H groups in total. The van der Waals surface area contributed by atoms with Gasteiger partial charge in [-0.25, -0.2) is 4.79 Å². The lowest BCUT2D eigenvalue weighted by atomic mass is 10.1. The molecule has 1 saturated heterocycles. The summed E-state index contributed by atoms with van der Waals surface area (Å²) in [6.45, 7) is 1.07. The molecule has 1 aromatic heterocycles. The topological polar surface area (TPSA) is 77.8 Å². The first-order valence-electron chi connectivity index (χ1n) is 8.91. The number of aryl methyl sites for hydroxylation is 1. The molecule has 138 valence electrons. The van der Waals surface area contributed by atoms with Gasteiger partial charge in [0.05, 0.1) is 11.1 Å². The Morgan fingerprint density at radius 1 is 1.27 bits per heavy atom. The molecular weight excluding hydrogens is 358 g/mol. The van der Waals surface area contributed by atoms with Crippen molar-refractivity contribution in [2.75, 3.05) is 19.8 Å². The minimum absolute atomic E-state index is 0.0829. The highest BCUT2D eigenvalue weighted by Gasteiger charge is 2.21. The highest BCUT2D eigenvalue weighted by molar-refractivity contribution is 6.32. The van der Waals surface area contributed by atoms with Crippen molar-refractivity contribution < 1.29 is 18.7 Å². The summed E-state index contributed by atoms with van der Waals surface area (Å²) in [4.78, 5) is 24.0. The lowest BCUT2D eigenvalue weighted by Crippen LogP contribution is -2.35. The number of carbonyl (C=O) groups is 1. The largest absolute Gasteiger partial charge is 0.482 e. The molecule has 7 heteroatoms. The number of carbonyl (C=O) groups excluding carboxylic acids is 1. The van der Waals surface area contributed by atoms with E-state index in [1.807, 2.05) is 0 Å². The zero-order valence-electron chi connectivity index (χ0n) is 14.3. The van der Waals surface area contributed by atoms with E-state index >= 15 is 0 Å². The van der Waals surface area contributed by atoms with Crippen LogP contribution in [0, 0.1) is 0 Å². The average Bonchev–Trinajstić information content (AvgIpc) is 3.31. The van der Waals surface area contributed by atoms with Crippen LogP contribution >= 0.6 is 11.6 Å². The van der Waals surface area contributed by atoms with Crippen molar-refractivity contribution in [1.29, 1.82) is 0 Å². The molecule has 1 aromatic carbocycles. The molecule has 1 aliphatic heterocycles. The average molecular weight is 378 g/mol. The van der Waals surface area contributed by atoms with Gasteiger partial charge >= 0.3 is 5.63 Å². The standard InChI is InChI=1S/C19H20ClNO5/c20-15-7-14-12-4-1-5-13(12)19(23)26-16(14)8-17(15)25-10-18(22)21-9-11-3-2-6-24-11/h7-8,11H,1-6,9-10H2,(H,21,22)/t11-/m0/s1. The Morgan fingerprint density at radius 2 is 2.12 bits per heavy atom. The molecule has 1 atom stereocenters. The zero-order valence-corrected chi connectivity index (χ0v) is 15.1. The Balaban J connectivity index is 1.46. The fraction of sp³-hybridized carbons (Fsp3) is 0.474. The van der Waals surface area contributed by atoms with Crippen LogP contribution in [-0.4, -0.2) is 31.8 Å². The van der Waals surface area contributed by atoms with Crippen LogP contribution in [0.25, 0.3) is 11.0 Å². The summed E-state index contributed by atoms with van der Waals surface area (Å²) in [7, 11) is 0. The van der Waals surface area contributed by atoms with E-state index < -0.39 is 0 Å². The van der Waals surface area contributed by atoms with Gasteiger partial charge in [0.25, 0.3) is 5.91 Å². The molecule has 2 aliphatic rings. The molecule has 4 rings (SSSR count). The molecule has 1 fully saturated rings. The number of hydrogen-bond donors (Lipinski definition) is 1. The fourth-order valence-electron chi connectivity index (χ4n) is 3.62. The monoisotopic (exact) mass is 377 g/mol. The summed E-state index contributed by atoms with van der Waals surface area (Å²) in [6, 6.07) is 3.34. The maximum Gasteiger partial charge on any atom is 0.339 e. The van der Waals surface area contributed by atoms with Gasteiger partial charge in [-0.15, -0.1) is 0 Å². The minimum Gasteiger partial charge on any atom is -0.482 e. The summed E-state index contributed by atoms with van der Waals surface area (Å²) >= 11 is 6.31. The highest BCUT2D eigenvalue weighted by Crippen LogP contribution is 2.34. The molecule has 0 saturated carbocycles. The molecule has 2 heterocycles. The molecule has 1 aliphatic carbocycles. The maximum atomic E-state index is 12.1. The number of benzene rings is 1. The summed E-state index contributed by atoms with van der Waals surface area (Å²) < 4.78 is 16.4. The van der Waals surface area contributed by atoms with Crippen LogP contribution < -0.4 is 15.7 Å². The Morgan fingerprint density at radius 3 is 2.92 bits per heavy atom. The second-order valence-corrected chi connectivity index (χ2v) is 7.11. The van der Waals surface area contributed by atoms with E-state index in [2.05, 4.69) is 5.32 Å². The Bertz CT molecular complexity index is 901. The van der Waals surface area contributed by atoms with E-state index in [-0.39, 0.29) is 24.2 Å². The van der Waals surface area contributed by atoms with Crippen molar-refractivity contribution in [1.82, 2.24) is 5.32 Å². The van der Waals surface area contributed by atoms with Crippen LogP contribution in [0.15, 0.2) is 21.3 Å². The summed E-state index contributed by atoms with van der Waals surface area (Å²) in [5, 5.41) is 4.03. The van der Waals surface area contributed by atoms with Crippen molar-refractivity contribution in [2.45, 2.75) is 38.2 Å². The van der Waals surface area contributed by atoms with Gasteiger partial charge in [0, 0.05) is 30.2 Å². The lowest BCUT2D eigenvalue weighted by Gasteiger charge is -2.13. The van der Waals surface area contributed by atoms with Crippen LogP contribution in [0.5, 0.6) is 5.75 Å². The van der Waals surface area contributed by atoms with Crippen molar-refractivity contribution in [3.63, 3.8) is 0 Å². The summed E-state index contributed by atoms with van der Waals surface area (Å²) in [5.41, 5.74) is 1.90. The van der Waals surface area contributed by atoms with E-state index in [4.69, 9.17) is 25.5 Å². The molecule has 2 aromatic rings. The van der Waals surface area contributed by atoms with Gasteiger partial charge in [0.2, 0.25) is 0 Å².